The smallest absolute Gasteiger partial charge is 0.328 e. The summed E-state index contributed by atoms with van der Waals surface area (Å²) in [7, 11) is 0. The Morgan fingerprint density at radius 2 is 1.96 bits per heavy atom. The van der Waals surface area contributed by atoms with E-state index in [2.05, 4.69) is 20.1 Å². The Bertz CT molecular complexity index is 1100. The van der Waals surface area contributed by atoms with Gasteiger partial charge in [0.25, 0.3) is 0 Å². The average Bonchev–Trinajstić information content (AvgIpc) is 3.09. The largest absolute Gasteiger partial charge is 0.382 e. The third-order valence-electron chi connectivity index (χ3n) is 4.02. The number of nitrogens with one attached hydrogen (secondary N) is 1. The highest BCUT2D eigenvalue weighted by molar-refractivity contribution is 5.83. The van der Waals surface area contributed by atoms with Crippen LogP contribution in [-0.2, 0) is 6.54 Å². The number of anilines is 1. The third-order valence-corrected chi connectivity index (χ3v) is 4.02. The second-order valence-electron chi connectivity index (χ2n) is 5.75. The fourth-order valence-electron chi connectivity index (χ4n) is 2.80. The van der Waals surface area contributed by atoms with Crippen LogP contribution in [0.25, 0.3) is 22.7 Å². The van der Waals surface area contributed by atoms with Crippen LogP contribution in [0.15, 0.2) is 41.3 Å². The van der Waals surface area contributed by atoms with Gasteiger partial charge in [-0.15, -0.1) is 0 Å². The molecule has 0 bridgehead atoms. The van der Waals surface area contributed by atoms with Gasteiger partial charge in [0.05, 0.1) is 12.7 Å². The lowest BCUT2D eigenvalue weighted by molar-refractivity contribution is 0.776. The molecular formula is C16H16N8O. The number of hydrogen-bond donors (Lipinski definition) is 3. The molecule has 0 saturated heterocycles. The molecule has 5 N–H and O–H groups in total. The lowest BCUT2D eigenvalue weighted by Crippen LogP contribution is -2.18. The molecule has 3 aromatic heterocycles. The van der Waals surface area contributed by atoms with Gasteiger partial charge in [0.2, 0.25) is 0 Å². The van der Waals surface area contributed by atoms with Crippen molar-refractivity contribution < 1.29 is 0 Å². The van der Waals surface area contributed by atoms with Gasteiger partial charge in [0, 0.05) is 5.56 Å². The van der Waals surface area contributed by atoms with Crippen molar-refractivity contribution >= 4 is 17.0 Å². The van der Waals surface area contributed by atoms with Gasteiger partial charge in [-0.1, -0.05) is 30.3 Å². The Balaban J connectivity index is 1.93. The molecule has 0 aliphatic carbocycles. The van der Waals surface area contributed by atoms with E-state index in [0.717, 1.165) is 11.1 Å². The molecule has 0 fully saturated rings. The van der Waals surface area contributed by atoms with E-state index in [-0.39, 0.29) is 11.5 Å². The molecule has 1 aromatic carbocycles. The van der Waals surface area contributed by atoms with Crippen molar-refractivity contribution in [2.45, 2.75) is 13.5 Å². The highest BCUT2D eigenvalue weighted by atomic mass is 16.1. The number of H-pyrrole nitrogens is 1. The summed E-state index contributed by atoms with van der Waals surface area (Å²) in [6.07, 6.45) is 1.62. The molecule has 0 aliphatic rings. The van der Waals surface area contributed by atoms with Crippen LogP contribution in [0, 0.1) is 6.92 Å². The topological polar surface area (TPSA) is 133 Å². The first kappa shape index (κ1) is 14.9. The molecule has 9 heteroatoms. The number of nitrogen functional groups attached to an aromatic ring is 2. The van der Waals surface area contributed by atoms with E-state index in [4.69, 9.17) is 11.6 Å². The van der Waals surface area contributed by atoms with Gasteiger partial charge in [0.1, 0.15) is 11.2 Å². The molecule has 9 nitrogen and oxygen atoms in total. The number of rotatable bonds is 3. The zero-order valence-corrected chi connectivity index (χ0v) is 13.5. The van der Waals surface area contributed by atoms with Crippen LogP contribution >= 0.6 is 0 Å². The molecule has 0 saturated carbocycles. The lowest BCUT2D eigenvalue weighted by atomic mass is 10.2. The number of hydrogen-bond acceptors (Lipinski definition) is 6. The predicted molar refractivity (Wildman–Crippen MR) is 94.2 cm³/mol. The summed E-state index contributed by atoms with van der Waals surface area (Å²) >= 11 is 0. The molecule has 126 valence electrons. The average molecular weight is 336 g/mol. The van der Waals surface area contributed by atoms with E-state index < -0.39 is 0 Å². The summed E-state index contributed by atoms with van der Waals surface area (Å²) in [6.45, 7) is 2.22. The van der Waals surface area contributed by atoms with Crippen molar-refractivity contribution in [3.8, 4) is 11.5 Å². The normalized spacial score (nSPS) is 11.2. The number of nitrogens with two attached hydrogens (primary N) is 2. The molecule has 0 aliphatic heterocycles. The minimum Gasteiger partial charge on any atom is -0.382 e. The van der Waals surface area contributed by atoms with Crippen LogP contribution in [0.4, 0.5) is 5.82 Å². The number of fused-ring (bicyclic) bond motifs is 1. The first-order valence-electron chi connectivity index (χ1n) is 7.64. The Hall–Kier alpha value is -3.62. The van der Waals surface area contributed by atoms with Gasteiger partial charge in [-0.3, -0.25) is 4.57 Å². The molecule has 0 radical (unpaired) electrons. The van der Waals surface area contributed by atoms with Crippen molar-refractivity contribution in [2.24, 2.45) is 0 Å². The van der Waals surface area contributed by atoms with Gasteiger partial charge in [0.15, 0.2) is 17.3 Å². The molecule has 4 aromatic rings. The SMILES string of the molecule is Cc1cnn(N)c1-c1nc(N)c2[nH]c(=O)n(Cc3ccccc3)c2n1. The second kappa shape index (κ2) is 5.48. The first-order chi connectivity index (χ1) is 12.0. The highest BCUT2D eigenvalue weighted by Crippen LogP contribution is 2.23. The van der Waals surface area contributed by atoms with E-state index >= 15 is 0 Å². The van der Waals surface area contributed by atoms with Crippen LogP contribution < -0.4 is 17.3 Å². The Morgan fingerprint density at radius 3 is 2.64 bits per heavy atom. The van der Waals surface area contributed by atoms with Crippen molar-refractivity contribution in [3.05, 3.63) is 58.1 Å². The maximum Gasteiger partial charge on any atom is 0.328 e. The first-order valence-corrected chi connectivity index (χ1v) is 7.64. The van der Waals surface area contributed by atoms with Gasteiger partial charge >= 0.3 is 5.69 Å². The molecule has 4 rings (SSSR count). The molecule has 0 amide bonds. The lowest BCUT2D eigenvalue weighted by Gasteiger charge is -2.06. The van der Waals surface area contributed by atoms with Gasteiger partial charge < -0.3 is 16.6 Å². The minimum absolute atomic E-state index is 0.185. The van der Waals surface area contributed by atoms with E-state index in [1.54, 1.807) is 6.20 Å². The minimum atomic E-state index is -0.296. The number of aryl methyl sites for hydroxylation is 1. The van der Waals surface area contributed by atoms with Gasteiger partial charge in [-0.25, -0.2) is 14.8 Å². The molecular weight excluding hydrogens is 320 g/mol. The second-order valence-corrected chi connectivity index (χ2v) is 5.75. The van der Waals surface area contributed by atoms with Crippen molar-refractivity contribution in [3.63, 3.8) is 0 Å². The van der Waals surface area contributed by atoms with Crippen LogP contribution in [0.3, 0.4) is 0 Å². The quantitative estimate of drug-likeness (QED) is 0.470. The van der Waals surface area contributed by atoms with Crippen LogP contribution in [0.2, 0.25) is 0 Å². The Morgan fingerprint density at radius 1 is 1.20 bits per heavy atom. The molecule has 25 heavy (non-hydrogen) atoms. The maximum atomic E-state index is 12.4. The van der Waals surface area contributed by atoms with E-state index in [9.17, 15) is 4.79 Å². The fraction of sp³-hybridized carbons (Fsp3) is 0.125. The number of benzene rings is 1. The summed E-state index contributed by atoms with van der Waals surface area (Å²) in [5, 5.41) is 3.99. The van der Waals surface area contributed by atoms with Crippen LogP contribution in [0.1, 0.15) is 11.1 Å². The summed E-state index contributed by atoms with van der Waals surface area (Å²) in [4.78, 5) is 25.1. The molecule has 0 atom stereocenters. The highest BCUT2D eigenvalue weighted by Gasteiger charge is 2.18. The van der Waals surface area contributed by atoms with Gasteiger partial charge in [-0.05, 0) is 12.5 Å². The Labute approximate surface area is 141 Å². The summed E-state index contributed by atoms with van der Waals surface area (Å²) < 4.78 is 1.53. The zero-order chi connectivity index (χ0) is 17.6. The monoisotopic (exact) mass is 336 g/mol. The van der Waals surface area contributed by atoms with E-state index in [1.807, 2.05) is 37.3 Å². The molecule has 3 heterocycles. The maximum absolute atomic E-state index is 12.4. The number of aromatic amines is 1. The van der Waals surface area contributed by atoms with Crippen molar-refractivity contribution in [1.29, 1.82) is 0 Å². The number of aromatic nitrogens is 6. The zero-order valence-electron chi connectivity index (χ0n) is 13.5. The molecule has 0 unspecified atom stereocenters. The summed E-state index contributed by atoms with van der Waals surface area (Å²) in [6, 6.07) is 9.64. The number of imidazole rings is 1. The van der Waals surface area contributed by atoms with E-state index in [0.29, 0.717) is 29.2 Å². The third kappa shape index (κ3) is 2.42. The van der Waals surface area contributed by atoms with Crippen LogP contribution in [0.5, 0.6) is 0 Å². The summed E-state index contributed by atoms with van der Waals surface area (Å²) in [5.41, 5.74) is 8.91. The standard InChI is InChI=1S/C16H16N8O/c1-9-7-19-24(18)12(9)14-21-13(17)11-15(22-14)23(16(25)20-11)8-10-5-3-2-4-6-10/h2-7H,8,18H2,1H3,(H,20,25)(H2,17,21,22). The van der Waals surface area contributed by atoms with E-state index in [1.165, 1.54) is 9.36 Å². The van der Waals surface area contributed by atoms with Crippen molar-refractivity contribution in [2.75, 3.05) is 11.6 Å². The fourth-order valence-corrected chi connectivity index (χ4v) is 2.80. The molecule has 0 spiro atoms. The van der Waals surface area contributed by atoms with Gasteiger partial charge in [-0.2, -0.15) is 9.89 Å². The predicted octanol–water partition coefficient (Wildman–Crippen LogP) is 0.636. The number of nitrogens with zero attached hydrogens (tertiary/aromatic N) is 5. The summed E-state index contributed by atoms with van der Waals surface area (Å²) in [5.74, 6) is 6.35. The van der Waals surface area contributed by atoms with Crippen LogP contribution in [-0.4, -0.2) is 29.4 Å². The van der Waals surface area contributed by atoms with Crippen molar-refractivity contribution in [1.82, 2.24) is 29.4 Å². The Kier molecular flexibility index (Phi) is 3.27.